The Morgan fingerprint density at radius 2 is 1.90 bits per heavy atom. The first kappa shape index (κ1) is 21.5. The molecule has 1 aromatic heterocycles. The molecule has 5 heteroatoms. The van der Waals surface area contributed by atoms with E-state index in [9.17, 15) is 4.79 Å². The van der Waals surface area contributed by atoms with Crippen molar-refractivity contribution in [3.05, 3.63) is 41.7 Å². The lowest BCUT2D eigenvalue weighted by atomic mass is 9.93. The summed E-state index contributed by atoms with van der Waals surface area (Å²) in [6.45, 7) is 6.24. The summed E-state index contributed by atoms with van der Waals surface area (Å²) in [5.74, 6) is 0.458. The average Bonchev–Trinajstić information content (AvgIpc) is 2.81. The summed E-state index contributed by atoms with van der Waals surface area (Å²) in [7, 11) is 0. The lowest BCUT2D eigenvalue weighted by Gasteiger charge is -2.42. The largest absolute Gasteiger partial charge is 0.356 e. The number of likely N-dealkylation sites (tertiary alicyclic amines) is 2. The fourth-order valence-corrected chi connectivity index (χ4v) is 5.36. The Balaban J connectivity index is 1.18. The van der Waals surface area contributed by atoms with Crippen LogP contribution in [-0.4, -0.2) is 59.5 Å². The zero-order chi connectivity index (χ0) is 20.6. The highest BCUT2D eigenvalue weighted by molar-refractivity contribution is 5.79. The standard InChI is InChI=1S/C25H38N4O/c30-25(27-15-10-21-5-2-1-3-6-21)23-7-4-16-29(20-23)24-11-17-28(18-12-24)19-22-8-13-26-14-9-22/h5,8-9,13-14,23-24H,1-4,6-7,10-12,15-20H2,(H,27,30). The van der Waals surface area contributed by atoms with Crippen LogP contribution in [0.15, 0.2) is 36.2 Å². The predicted molar refractivity (Wildman–Crippen MR) is 121 cm³/mol. The van der Waals surface area contributed by atoms with Crippen molar-refractivity contribution in [2.75, 3.05) is 32.7 Å². The minimum Gasteiger partial charge on any atom is -0.356 e. The molecular formula is C25H38N4O. The van der Waals surface area contributed by atoms with Crippen molar-refractivity contribution in [1.82, 2.24) is 20.1 Å². The number of piperidine rings is 2. The highest BCUT2D eigenvalue weighted by Crippen LogP contribution is 2.25. The minimum absolute atomic E-state index is 0.175. The predicted octanol–water partition coefficient (Wildman–Crippen LogP) is 3.76. The van der Waals surface area contributed by atoms with Crippen LogP contribution >= 0.6 is 0 Å². The Morgan fingerprint density at radius 1 is 1.07 bits per heavy atom. The molecule has 0 saturated carbocycles. The van der Waals surface area contributed by atoms with E-state index in [4.69, 9.17) is 0 Å². The normalized spacial score (nSPS) is 24.4. The Kier molecular flexibility index (Phi) is 7.93. The zero-order valence-electron chi connectivity index (χ0n) is 18.4. The Bertz CT molecular complexity index is 696. The lowest BCUT2D eigenvalue weighted by molar-refractivity contribution is -0.127. The van der Waals surface area contributed by atoms with Gasteiger partial charge in [-0.15, -0.1) is 0 Å². The SMILES string of the molecule is O=C(NCCC1=CCCCC1)C1CCCN(C2CCN(Cc3ccncc3)CC2)C1. The third kappa shape index (κ3) is 6.14. The van der Waals surface area contributed by atoms with Crippen molar-refractivity contribution >= 4 is 5.91 Å². The maximum Gasteiger partial charge on any atom is 0.224 e. The smallest absolute Gasteiger partial charge is 0.224 e. The van der Waals surface area contributed by atoms with E-state index in [1.54, 1.807) is 5.57 Å². The van der Waals surface area contributed by atoms with E-state index in [-0.39, 0.29) is 11.8 Å². The molecule has 4 rings (SSSR count). The van der Waals surface area contributed by atoms with Gasteiger partial charge in [-0.3, -0.25) is 19.6 Å². The first-order valence-electron chi connectivity index (χ1n) is 12.1. The summed E-state index contributed by atoms with van der Waals surface area (Å²) in [6, 6.07) is 4.87. The molecule has 1 unspecified atom stereocenters. The number of aromatic nitrogens is 1. The summed E-state index contributed by atoms with van der Waals surface area (Å²) in [4.78, 5) is 22.0. The Morgan fingerprint density at radius 3 is 2.67 bits per heavy atom. The number of hydrogen-bond donors (Lipinski definition) is 1. The number of hydrogen-bond acceptors (Lipinski definition) is 4. The molecule has 5 nitrogen and oxygen atoms in total. The molecule has 0 spiro atoms. The van der Waals surface area contributed by atoms with Crippen LogP contribution in [0.1, 0.15) is 63.4 Å². The number of rotatable bonds is 7. The van der Waals surface area contributed by atoms with Gasteiger partial charge in [0.1, 0.15) is 0 Å². The lowest BCUT2D eigenvalue weighted by Crippen LogP contribution is -2.50. The van der Waals surface area contributed by atoms with E-state index < -0.39 is 0 Å². The molecule has 0 radical (unpaired) electrons. The third-order valence-electron chi connectivity index (χ3n) is 7.18. The fraction of sp³-hybridized carbons (Fsp3) is 0.680. The van der Waals surface area contributed by atoms with Crippen LogP contribution < -0.4 is 5.32 Å². The topological polar surface area (TPSA) is 48.5 Å². The second kappa shape index (κ2) is 11.1. The number of amides is 1. The van der Waals surface area contributed by atoms with E-state index in [0.717, 1.165) is 58.5 Å². The second-order valence-electron chi connectivity index (χ2n) is 9.35. The van der Waals surface area contributed by atoms with Crippen molar-refractivity contribution in [2.24, 2.45) is 5.92 Å². The van der Waals surface area contributed by atoms with Crippen molar-refractivity contribution in [3.63, 3.8) is 0 Å². The fourth-order valence-electron chi connectivity index (χ4n) is 5.36. The van der Waals surface area contributed by atoms with Crippen molar-refractivity contribution < 1.29 is 4.79 Å². The van der Waals surface area contributed by atoms with Crippen LogP contribution in [0.25, 0.3) is 0 Å². The van der Waals surface area contributed by atoms with Crippen LogP contribution in [0.2, 0.25) is 0 Å². The van der Waals surface area contributed by atoms with Gasteiger partial charge in [0.2, 0.25) is 5.91 Å². The highest BCUT2D eigenvalue weighted by atomic mass is 16.1. The van der Waals surface area contributed by atoms with Crippen LogP contribution in [0.3, 0.4) is 0 Å². The van der Waals surface area contributed by atoms with E-state index >= 15 is 0 Å². The number of nitrogens with one attached hydrogen (secondary N) is 1. The molecule has 164 valence electrons. The minimum atomic E-state index is 0.175. The van der Waals surface area contributed by atoms with Crippen LogP contribution in [0.4, 0.5) is 0 Å². The first-order valence-corrected chi connectivity index (χ1v) is 12.1. The van der Waals surface area contributed by atoms with Crippen molar-refractivity contribution in [2.45, 2.75) is 70.4 Å². The van der Waals surface area contributed by atoms with E-state index in [1.165, 1.54) is 44.1 Å². The molecule has 30 heavy (non-hydrogen) atoms. The summed E-state index contributed by atoms with van der Waals surface area (Å²) in [6.07, 6.45) is 16.9. The maximum absolute atomic E-state index is 12.8. The molecular weight excluding hydrogens is 372 g/mol. The van der Waals surface area contributed by atoms with Crippen LogP contribution in [-0.2, 0) is 11.3 Å². The number of nitrogens with zero attached hydrogens (tertiary/aromatic N) is 3. The van der Waals surface area contributed by atoms with Gasteiger partial charge in [-0.2, -0.15) is 0 Å². The molecule has 3 aliphatic rings. The quantitative estimate of drug-likeness (QED) is 0.695. The number of carbonyl (C=O) groups is 1. The van der Waals surface area contributed by atoms with Gasteiger partial charge in [0.15, 0.2) is 0 Å². The molecule has 2 saturated heterocycles. The van der Waals surface area contributed by atoms with Gasteiger partial charge in [-0.05, 0) is 95.1 Å². The summed E-state index contributed by atoms with van der Waals surface area (Å²) in [5, 5.41) is 3.24. The zero-order valence-corrected chi connectivity index (χ0v) is 18.4. The third-order valence-corrected chi connectivity index (χ3v) is 7.18. The second-order valence-corrected chi connectivity index (χ2v) is 9.35. The van der Waals surface area contributed by atoms with Gasteiger partial charge in [-0.25, -0.2) is 0 Å². The number of pyridine rings is 1. The van der Waals surface area contributed by atoms with Crippen molar-refractivity contribution in [1.29, 1.82) is 0 Å². The molecule has 1 N–H and O–H groups in total. The summed E-state index contributed by atoms with van der Waals surface area (Å²) < 4.78 is 0. The number of allylic oxidation sites excluding steroid dienone is 1. The monoisotopic (exact) mass is 410 g/mol. The molecule has 1 aliphatic carbocycles. The molecule has 3 heterocycles. The summed E-state index contributed by atoms with van der Waals surface area (Å²) >= 11 is 0. The molecule has 1 amide bonds. The molecule has 2 aliphatic heterocycles. The molecule has 2 fully saturated rings. The maximum atomic E-state index is 12.8. The van der Waals surface area contributed by atoms with Gasteiger partial charge in [0.25, 0.3) is 0 Å². The van der Waals surface area contributed by atoms with Gasteiger partial charge in [0, 0.05) is 38.1 Å². The summed E-state index contributed by atoms with van der Waals surface area (Å²) in [5.41, 5.74) is 2.90. The van der Waals surface area contributed by atoms with Gasteiger partial charge in [0.05, 0.1) is 5.92 Å². The first-order chi connectivity index (χ1) is 14.8. The van der Waals surface area contributed by atoms with E-state index in [1.807, 2.05) is 12.4 Å². The molecule has 1 atom stereocenters. The number of carbonyl (C=O) groups excluding carboxylic acids is 1. The molecule has 0 bridgehead atoms. The molecule has 1 aromatic rings. The van der Waals surface area contributed by atoms with E-state index in [2.05, 4.69) is 38.3 Å². The van der Waals surface area contributed by atoms with E-state index in [0.29, 0.717) is 6.04 Å². The van der Waals surface area contributed by atoms with Crippen LogP contribution in [0.5, 0.6) is 0 Å². The van der Waals surface area contributed by atoms with Gasteiger partial charge in [-0.1, -0.05) is 11.6 Å². The van der Waals surface area contributed by atoms with Gasteiger partial charge >= 0.3 is 0 Å². The van der Waals surface area contributed by atoms with Crippen molar-refractivity contribution in [3.8, 4) is 0 Å². The Labute approximate surface area is 181 Å². The van der Waals surface area contributed by atoms with Gasteiger partial charge < -0.3 is 5.32 Å². The molecule has 0 aromatic carbocycles. The average molecular weight is 411 g/mol. The highest BCUT2D eigenvalue weighted by Gasteiger charge is 2.31. The van der Waals surface area contributed by atoms with Crippen LogP contribution in [0, 0.1) is 5.92 Å². The Hall–Kier alpha value is -1.72.